The van der Waals surface area contributed by atoms with Crippen molar-refractivity contribution in [2.45, 2.75) is 18.2 Å². The highest BCUT2D eigenvalue weighted by molar-refractivity contribution is 9.09. The normalized spacial score (nSPS) is 11.4. The van der Waals surface area contributed by atoms with E-state index in [1.807, 2.05) is 19.1 Å². The SMILES string of the molecule is Cc1ccc(S(=O)(=O)NCCc2ccc(C(=O)CBr)cc2)cc1. The van der Waals surface area contributed by atoms with Crippen molar-refractivity contribution < 1.29 is 13.2 Å². The van der Waals surface area contributed by atoms with Gasteiger partial charge >= 0.3 is 0 Å². The minimum atomic E-state index is -3.48. The molecule has 0 saturated carbocycles. The Morgan fingerprint density at radius 1 is 1.04 bits per heavy atom. The van der Waals surface area contributed by atoms with Crippen LogP contribution in [0.5, 0.6) is 0 Å². The molecule has 0 spiro atoms. The Hall–Kier alpha value is -1.50. The molecule has 0 bridgehead atoms. The first-order valence-corrected chi connectivity index (χ1v) is 9.77. The van der Waals surface area contributed by atoms with Crippen LogP contribution in [0.25, 0.3) is 0 Å². The predicted octanol–water partition coefficient (Wildman–Crippen LogP) is 3.09. The van der Waals surface area contributed by atoms with Crippen LogP contribution in [0.1, 0.15) is 21.5 Å². The van der Waals surface area contributed by atoms with Crippen molar-refractivity contribution in [2.75, 3.05) is 11.9 Å². The molecule has 0 saturated heterocycles. The number of ketones is 1. The molecule has 0 aliphatic rings. The Kier molecular flexibility index (Phi) is 6.10. The highest BCUT2D eigenvalue weighted by atomic mass is 79.9. The smallest absolute Gasteiger partial charge is 0.240 e. The molecule has 122 valence electrons. The van der Waals surface area contributed by atoms with Gasteiger partial charge in [-0.25, -0.2) is 13.1 Å². The lowest BCUT2D eigenvalue weighted by Gasteiger charge is -2.07. The van der Waals surface area contributed by atoms with Gasteiger partial charge in [-0.2, -0.15) is 0 Å². The Morgan fingerprint density at radius 2 is 1.65 bits per heavy atom. The first kappa shape index (κ1) is 17.8. The van der Waals surface area contributed by atoms with Gasteiger partial charge in [0.25, 0.3) is 0 Å². The van der Waals surface area contributed by atoms with E-state index in [9.17, 15) is 13.2 Å². The summed E-state index contributed by atoms with van der Waals surface area (Å²) in [6.45, 7) is 2.22. The van der Waals surface area contributed by atoms with Gasteiger partial charge in [-0.1, -0.05) is 57.9 Å². The van der Waals surface area contributed by atoms with Gasteiger partial charge in [0, 0.05) is 12.1 Å². The Balaban J connectivity index is 1.94. The molecule has 2 aromatic rings. The number of halogens is 1. The summed E-state index contributed by atoms with van der Waals surface area (Å²) in [4.78, 5) is 11.8. The summed E-state index contributed by atoms with van der Waals surface area (Å²) in [7, 11) is -3.48. The minimum Gasteiger partial charge on any atom is -0.293 e. The minimum absolute atomic E-state index is 0.0247. The zero-order valence-electron chi connectivity index (χ0n) is 12.8. The van der Waals surface area contributed by atoms with Gasteiger partial charge in [0.05, 0.1) is 10.2 Å². The molecular weight excluding hydrogens is 378 g/mol. The van der Waals surface area contributed by atoms with Crippen molar-refractivity contribution in [3.63, 3.8) is 0 Å². The van der Waals surface area contributed by atoms with Gasteiger partial charge in [-0.15, -0.1) is 0 Å². The quantitative estimate of drug-likeness (QED) is 0.578. The number of rotatable bonds is 7. The highest BCUT2D eigenvalue weighted by Crippen LogP contribution is 2.11. The van der Waals surface area contributed by atoms with Crippen molar-refractivity contribution in [1.82, 2.24) is 4.72 Å². The molecule has 0 aliphatic heterocycles. The molecule has 0 amide bonds. The summed E-state index contributed by atoms with van der Waals surface area (Å²) < 4.78 is 26.9. The third-order valence-corrected chi connectivity index (χ3v) is 5.42. The molecule has 23 heavy (non-hydrogen) atoms. The molecule has 2 aromatic carbocycles. The van der Waals surface area contributed by atoms with Crippen LogP contribution in [0.4, 0.5) is 0 Å². The van der Waals surface area contributed by atoms with Crippen molar-refractivity contribution in [3.8, 4) is 0 Å². The van der Waals surface area contributed by atoms with E-state index in [0.29, 0.717) is 23.9 Å². The van der Waals surface area contributed by atoms with E-state index in [1.165, 1.54) is 0 Å². The number of alkyl halides is 1. The Morgan fingerprint density at radius 3 is 2.22 bits per heavy atom. The van der Waals surface area contributed by atoms with E-state index < -0.39 is 10.0 Å². The first-order chi connectivity index (χ1) is 10.9. The largest absolute Gasteiger partial charge is 0.293 e. The van der Waals surface area contributed by atoms with Crippen LogP contribution < -0.4 is 4.72 Å². The fraction of sp³-hybridized carbons (Fsp3) is 0.235. The average Bonchev–Trinajstić information content (AvgIpc) is 2.55. The summed E-state index contributed by atoms with van der Waals surface area (Å²) in [5, 5.41) is 0.294. The summed E-state index contributed by atoms with van der Waals surface area (Å²) >= 11 is 3.13. The molecule has 0 heterocycles. The van der Waals surface area contributed by atoms with Crippen molar-refractivity contribution >= 4 is 31.7 Å². The molecule has 4 nitrogen and oxygen atoms in total. The predicted molar refractivity (Wildman–Crippen MR) is 94.6 cm³/mol. The number of nitrogens with one attached hydrogen (secondary N) is 1. The number of benzene rings is 2. The maximum absolute atomic E-state index is 12.2. The van der Waals surface area contributed by atoms with Gasteiger partial charge in [0.1, 0.15) is 0 Å². The van der Waals surface area contributed by atoms with Crippen LogP contribution in [-0.4, -0.2) is 26.1 Å². The van der Waals surface area contributed by atoms with Crippen LogP contribution in [0, 0.1) is 6.92 Å². The van der Waals surface area contributed by atoms with E-state index in [4.69, 9.17) is 0 Å². The molecule has 0 atom stereocenters. The van der Waals surface area contributed by atoms with E-state index in [-0.39, 0.29) is 10.7 Å². The zero-order valence-corrected chi connectivity index (χ0v) is 15.2. The van der Waals surface area contributed by atoms with Gasteiger partial charge in [-0.3, -0.25) is 4.79 Å². The van der Waals surface area contributed by atoms with Gasteiger partial charge in [-0.05, 0) is 31.0 Å². The lowest BCUT2D eigenvalue weighted by atomic mass is 10.1. The van der Waals surface area contributed by atoms with Crippen molar-refractivity contribution in [1.29, 1.82) is 0 Å². The third kappa shape index (κ3) is 4.99. The fourth-order valence-electron chi connectivity index (χ4n) is 2.06. The number of aryl methyl sites for hydroxylation is 1. The maximum Gasteiger partial charge on any atom is 0.240 e. The number of sulfonamides is 1. The topological polar surface area (TPSA) is 63.2 Å². The Bertz CT molecular complexity index is 768. The summed E-state index contributed by atoms with van der Waals surface area (Å²) in [5.41, 5.74) is 2.63. The van der Waals surface area contributed by atoms with E-state index >= 15 is 0 Å². The number of carbonyl (C=O) groups is 1. The van der Waals surface area contributed by atoms with Crippen molar-refractivity contribution in [2.24, 2.45) is 0 Å². The molecular formula is C17H18BrNO3S. The van der Waals surface area contributed by atoms with Crippen LogP contribution in [0.2, 0.25) is 0 Å². The Labute approximate surface area is 145 Å². The van der Waals surface area contributed by atoms with Gasteiger partial charge in [0.15, 0.2) is 5.78 Å². The van der Waals surface area contributed by atoms with Crippen LogP contribution >= 0.6 is 15.9 Å². The molecule has 0 aliphatic carbocycles. The molecule has 0 unspecified atom stereocenters. The zero-order chi connectivity index (χ0) is 16.9. The maximum atomic E-state index is 12.2. The lowest BCUT2D eigenvalue weighted by Crippen LogP contribution is -2.26. The number of carbonyl (C=O) groups excluding carboxylic acids is 1. The first-order valence-electron chi connectivity index (χ1n) is 7.17. The number of hydrogen-bond donors (Lipinski definition) is 1. The van der Waals surface area contributed by atoms with E-state index in [2.05, 4.69) is 20.7 Å². The summed E-state index contributed by atoms with van der Waals surface area (Å²) in [6.07, 6.45) is 0.563. The van der Waals surface area contributed by atoms with Crippen molar-refractivity contribution in [3.05, 3.63) is 65.2 Å². The summed E-state index contributed by atoms with van der Waals surface area (Å²) in [5.74, 6) is 0.0247. The number of hydrogen-bond acceptors (Lipinski definition) is 3. The van der Waals surface area contributed by atoms with Gasteiger partial charge < -0.3 is 0 Å². The van der Waals surface area contributed by atoms with Crippen LogP contribution in [0.3, 0.4) is 0 Å². The molecule has 0 fully saturated rings. The third-order valence-electron chi connectivity index (χ3n) is 3.43. The molecule has 0 radical (unpaired) electrons. The highest BCUT2D eigenvalue weighted by Gasteiger charge is 2.12. The van der Waals surface area contributed by atoms with E-state index in [0.717, 1.165) is 11.1 Å². The lowest BCUT2D eigenvalue weighted by molar-refractivity contribution is 0.102. The average molecular weight is 396 g/mol. The summed E-state index contributed by atoms with van der Waals surface area (Å²) in [6, 6.07) is 13.9. The monoisotopic (exact) mass is 395 g/mol. The molecule has 1 N–H and O–H groups in total. The second-order valence-corrected chi connectivity index (χ2v) is 7.54. The van der Waals surface area contributed by atoms with E-state index in [1.54, 1.807) is 36.4 Å². The molecule has 6 heteroatoms. The van der Waals surface area contributed by atoms with Crippen LogP contribution in [-0.2, 0) is 16.4 Å². The fourth-order valence-corrected chi connectivity index (χ4v) is 3.42. The van der Waals surface area contributed by atoms with Gasteiger partial charge in [0.2, 0.25) is 10.0 Å². The second-order valence-electron chi connectivity index (χ2n) is 5.21. The molecule has 2 rings (SSSR count). The molecule has 0 aromatic heterocycles. The van der Waals surface area contributed by atoms with Crippen LogP contribution in [0.15, 0.2) is 53.4 Å². The standard InChI is InChI=1S/C17H18BrNO3S/c1-13-2-8-16(9-3-13)23(21,22)19-11-10-14-4-6-15(7-5-14)17(20)12-18/h2-9,19H,10-12H2,1H3. The second kappa shape index (κ2) is 7.86. The number of Topliss-reactive ketones (excluding diaryl/α,β-unsaturated/α-hetero) is 1.